The molecular formula is C28H58O4S. The summed E-state index contributed by atoms with van der Waals surface area (Å²) in [6.45, 7) is 2.39. The molecule has 0 fully saturated rings. The van der Waals surface area contributed by atoms with E-state index < -0.39 is 10.4 Å². The second kappa shape index (κ2) is 26.5. The third kappa shape index (κ3) is 31.9. The van der Waals surface area contributed by atoms with Crippen molar-refractivity contribution in [2.24, 2.45) is 0 Å². The van der Waals surface area contributed by atoms with E-state index in [9.17, 15) is 8.42 Å². The van der Waals surface area contributed by atoms with Gasteiger partial charge >= 0.3 is 10.4 Å². The molecule has 0 saturated heterocycles. The topological polar surface area (TPSA) is 63.6 Å². The van der Waals surface area contributed by atoms with Crippen molar-refractivity contribution in [3.05, 3.63) is 0 Å². The van der Waals surface area contributed by atoms with Crippen molar-refractivity contribution >= 4 is 10.4 Å². The lowest BCUT2D eigenvalue weighted by Gasteiger charge is -2.04. The van der Waals surface area contributed by atoms with E-state index in [2.05, 4.69) is 11.1 Å². The van der Waals surface area contributed by atoms with Crippen molar-refractivity contribution in [1.82, 2.24) is 0 Å². The molecular weight excluding hydrogens is 432 g/mol. The lowest BCUT2D eigenvalue weighted by atomic mass is 10.0. The van der Waals surface area contributed by atoms with Crippen LogP contribution in [-0.2, 0) is 14.6 Å². The van der Waals surface area contributed by atoms with Crippen molar-refractivity contribution in [2.45, 2.75) is 174 Å². The minimum atomic E-state index is -4.25. The zero-order valence-corrected chi connectivity index (χ0v) is 23.0. The maximum atomic E-state index is 10.4. The molecule has 0 rings (SSSR count). The number of unbranched alkanes of at least 4 members (excludes halogenated alkanes) is 25. The first-order valence-electron chi connectivity index (χ1n) is 14.7. The predicted molar refractivity (Wildman–Crippen MR) is 143 cm³/mol. The fourth-order valence-corrected chi connectivity index (χ4v) is 4.91. The highest BCUT2D eigenvalue weighted by Crippen LogP contribution is 2.16. The van der Waals surface area contributed by atoms with Crippen molar-refractivity contribution in [3.63, 3.8) is 0 Å². The molecule has 0 saturated carbocycles. The van der Waals surface area contributed by atoms with Crippen LogP contribution in [0.3, 0.4) is 0 Å². The summed E-state index contributed by atoms with van der Waals surface area (Å²) in [6.07, 6.45) is 35.2. The van der Waals surface area contributed by atoms with Gasteiger partial charge in [0.1, 0.15) is 0 Å². The number of hydrogen-bond donors (Lipinski definition) is 1. The van der Waals surface area contributed by atoms with Gasteiger partial charge < -0.3 is 0 Å². The average molecular weight is 491 g/mol. The van der Waals surface area contributed by atoms with Gasteiger partial charge in [0, 0.05) is 0 Å². The molecule has 0 atom stereocenters. The average Bonchev–Trinajstić information content (AvgIpc) is 2.78. The Labute approximate surface area is 208 Å². The summed E-state index contributed by atoms with van der Waals surface area (Å²) in [5.74, 6) is 0. The summed E-state index contributed by atoms with van der Waals surface area (Å²) >= 11 is 0. The Morgan fingerprint density at radius 1 is 0.424 bits per heavy atom. The first kappa shape index (κ1) is 32.9. The summed E-state index contributed by atoms with van der Waals surface area (Å²) in [5, 5.41) is 0. The lowest BCUT2D eigenvalue weighted by Crippen LogP contribution is -2.04. The van der Waals surface area contributed by atoms with Gasteiger partial charge in [0.15, 0.2) is 0 Å². The molecule has 0 aliphatic rings. The van der Waals surface area contributed by atoms with Crippen LogP contribution in [0.25, 0.3) is 0 Å². The van der Waals surface area contributed by atoms with Gasteiger partial charge in [-0.1, -0.05) is 167 Å². The van der Waals surface area contributed by atoms with Crippen LogP contribution in [-0.4, -0.2) is 19.6 Å². The fraction of sp³-hybridized carbons (Fsp3) is 1.00. The maximum Gasteiger partial charge on any atom is 0.397 e. The second-order valence-corrected chi connectivity index (χ2v) is 11.2. The molecule has 0 aromatic carbocycles. The van der Waals surface area contributed by atoms with Gasteiger partial charge in [0.25, 0.3) is 0 Å². The van der Waals surface area contributed by atoms with Gasteiger partial charge in [-0.25, -0.2) is 4.18 Å². The van der Waals surface area contributed by atoms with E-state index in [0.717, 1.165) is 12.8 Å². The van der Waals surface area contributed by atoms with Gasteiger partial charge in [-0.05, 0) is 6.42 Å². The highest BCUT2D eigenvalue weighted by Gasteiger charge is 2.02. The van der Waals surface area contributed by atoms with E-state index in [0.29, 0.717) is 6.42 Å². The Morgan fingerprint density at radius 2 is 0.636 bits per heavy atom. The van der Waals surface area contributed by atoms with E-state index in [-0.39, 0.29) is 6.61 Å². The van der Waals surface area contributed by atoms with E-state index in [4.69, 9.17) is 4.55 Å². The Kier molecular flexibility index (Phi) is 26.4. The van der Waals surface area contributed by atoms with Gasteiger partial charge in [-0.15, -0.1) is 0 Å². The normalized spacial score (nSPS) is 11.9. The van der Waals surface area contributed by atoms with Gasteiger partial charge in [-0.3, -0.25) is 4.55 Å². The smallest absolute Gasteiger partial charge is 0.264 e. The monoisotopic (exact) mass is 490 g/mol. The van der Waals surface area contributed by atoms with Crippen LogP contribution in [0.4, 0.5) is 0 Å². The molecule has 0 aliphatic carbocycles. The molecule has 0 spiro atoms. The first-order valence-corrected chi connectivity index (χ1v) is 16.0. The molecule has 5 heteroatoms. The van der Waals surface area contributed by atoms with Gasteiger partial charge in [-0.2, -0.15) is 8.42 Å². The van der Waals surface area contributed by atoms with Crippen LogP contribution in [0, 0.1) is 0 Å². The summed E-state index contributed by atoms with van der Waals surface area (Å²) in [6, 6.07) is 0. The number of hydrogen-bond acceptors (Lipinski definition) is 3. The highest BCUT2D eigenvalue weighted by molar-refractivity contribution is 7.80. The van der Waals surface area contributed by atoms with Crippen LogP contribution >= 0.6 is 0 Å². The van der Waals surface area contributed by atoms with E-state index in [1.807, 2.05) is 0 Å². The first-order chi connectivity index (χ1) is 16.1. The molecule has 0 aliphatic heterocycles. The van der Waals surface area contributed by atoms with Crippen LogP contribution < -0.4 is 0 Å². The molecule has 0 bridgehead atoms. The number of rotatable bonds is 28. The van der Waals surface area contributed by atoms with Crippen molar-refractivity contribution in [2.75, 3.05) is 6.61 Å². The summed E-state index contributed by atoms with van der Waals surface area (Å²) < 4.78 is 33.6. The molecule has 4 nitrogen and oxygen atoms in total. The molecule has 0 radical (unpaired) electrons. The van der Waals surface area contributed by atoms with Crippen molar-refractivity contribution in [1.29, 1.82) is 0 Å². The van der Waals surface area contributed by atoms with Crippen molar-refractivity contribution < 1.29 is 17.2 Å². The molecule has 0 heterocycles. The van der Waals surface area contributed by atoms with E-state index in [1.165, 1.54) is 148 Å². The molecule has 0 unspecified atom stereocenters. The van der Waals surface area contributed by atoms with Crippen molar-refractivity contribution in [3.8, 4) is 0 Å². The fourth-order valence-electron chi connectivity index (χ4n) is 4.58. The predicted octanol–water partition coefficient (Wildman–Crippen LogP) is 9.97. The van der Waals surface area contributed by atoms with Gasteiger partial charge in [0.05, 0.1) is 6.61 Å². The molecule has 0 aromatic heterocycles. The van der Waals surface area contributed by atoms with Crippen LogP contribution in [0.15, 0.2) is 0 Å². The quantitative estimate of drug-likeness (QED) is 0.0875. The Morgan fingerprint density at radius 3 is 0.848 bits per heavy atom. The summed E-state index contributed by atoms with van der Waals surface area (Å²) in [5.41, 5.74) is 0. The second-order valence-electron chi connectivity index (χ2n) is 10.1. The minimum absolute atomic E-state index is 0.0954. The molecule has 200 valence electrons. The largest absolute Gasteiger partial charge is 0.397 e. The molecule has 33 heavy (non-hydrogen) atoms. The lowest BCUT2D eigenvalue weighted by molar-refractivity contribution is 0.261. The molecule has 0 aromatic rings. The third-order valence-electron chi connectivity index (χ3n) is 6.73. The maximum absolute atomic E-state index is 10.4. The molecule has 0 amide bonds. The SMILES string of the molecule is CCCCCCCCCCCCCCCCCCCCCCCCCCCCOS(=O)(=O)O. The zero-order valence-electron chi connectivity index (χ0n) is 22.2. The Hall–Kier alpha value is -0.130. The summed E-state index contributed by atoms with van der Waals surface area (Å²) in [7, 11) is -4.25. The molecule has 1 N–H and O–H groups in total. The minimum Gasteiger partial charge on any atom is -0.264 e. The standard InChI is InChI=1S/C28H58O4S/c1-2-3-4-5-6-7-8-9-10-11-12-13-14-15-16-17-18-19-20-21-22-23-24-25-26-27-28-32-33(29,30)31/h2-28H2,1H3,(H,29,30,31). The zero-order chi connectivity index (χ0) is 24.3. The van der Waals surface area contributed by atoms with Crippen LogP contribution in [0.1, 0.15) is 174 Å². The van der Waals surface area contributed by atoms with Crippen LogP contribution in [0.2, 0.25) is 0 Å². The Bertz CT molecular complexity index is 465. The van der Waals surface area contributed by atoms with Crippen LogP contribution in [0.5, 0.6) is 0 Å². The Balaban J connectivity index is 3.04. The third-order valence-corrected chi connectivity index (χ3v) is 7.19. The van der Waals surface area contributed by atoms with E-state index in [1.54, 1.807) is 0 Å². The van der Waals surface area contributed by atoms with E-state index >= 15 is 0 Å². The highest BCUT2D eigenvalue weighted by atomic mass is 32.3. The summed E-state index contributed by atoms with van der Waals surface area (Å²) in [4.78, 5) is 0. The van der Waals surface area contributed by atoms with Gasteiger partial charge in [0.2, 0.25) is 0 Å².